The van der Waals surface area contributed by atoms with Gasteiger partial charge in [0, 0.05) is 14.6 Å². The Labute approximate surface area is 145 Å². The second kappa shape index (κ2) is 7.21. The molecule has 5 nitrogen and oxygen atoms in total. The normalized spacial score (nSPS) is 19.2. The molecule has 0 saturated carbocycles. The molecule has 0 radical (unpaired) electrons. The maximum Gasteiger partial charge on any atom is 0.335 e. The van der Waals surface area contributed by atoms with E-state index < -0.39 is 30.1 Å². The van der Waals surface area contributed by atoms with Crippen molar-refractivity contribution >= 4 is 24.1 Å². The van der Waals surface area contributed by atoms with Crippen LogP contribution < -0.4 is 0 Å². The van der Waals surface area contributed by atoms with E-state index in [1.807, 2.05) is 30.3 Å². The minimum atomic E-state index is -3.46. The van der Waals surface area contributed by atoms with Gasteiger partial charge in [-0.1, -0.05) is 56.0 Å². The van der Waals surface area contributed by atoms with Gasteiger partial charge in [0.2, 0.25) is 10.0 Å². The van der Waals surface area contributed by atoms with Crippen molar-refractivity contribution in [2.24, 2.45) is 0 Å². The lowest BCUT2D eigenvalue weighted by molar-refractivity contribution is -0.136. The zero-order valence-electron chi connectivity index (χ0n) is 14.7. The molecule has 1 heterocycles. The fourth-order valence-electron chi connectivity index (χ4n) is 2.68. The number of carbonyl (C=O) groups excluding carboxylic acids is 1. The molecule has 0 aliphatic carbocycles. The highest BCUT2D eigenvalue weighted by atomic mass is 32.2. The van der Waals surface area contributed by atoms with Crippen molar-refractivity contribution in [2.45, 2.75) is 31.7 Å². The highest BCUT2D eigenvalue weighted by Gasteiger charge is 2.40. The summed E-state index contributed by atoms with van der Waals surface area (Å²) in [5.74, 6) is -0.360. The molecule has 1 aliphatic rings. The third-order valence-corrected chi connectivity index (χ3v) is 7.98. The van der Waals surface area contributed by atoms with Crippen LogP contribution in [0.25, 0.3) is 0 Å². The van der Waals surface area contributed by atoms with Crippen LogP contribution in [0.15, 0.2) is 42.0 Å². The van der Waals surface area contributed by atoms with Crippen molar-refractivity contribution < 1.29 is 17.9 Å². The van der Waals surface area contributed by atoms with E-state index >= 15 is 0 Å². The Balaban J connectivity index is 2.34. The minimum Gasteiger partial charge on any atom is -0.466 e. The fourth-order valence-corrected chi connectivity index (χ4v) is 7.25. The predicted molar refractivity (Wildman–Crippen MR) is 97.9 cm³/mol. The van der Waals surface area contributed by atoms with Crippen molar-refractivity contribution in [1.82, 2.24) is 4.31 Å². The van der Waals surface area contributed by atoms with Crippen LogP contribution in [-0.2, 0) is 19.6 Å². The van der Waals surface area contributed by atoms with Gasteiger partial charge in [-0.3, -0.25) is 0 Å². The molecule has 1 atom stereocenters. The number of sulfonamides is 1. The summed E-state index contributed by atoms with van der Waals surface area (Å²) in [6.07, 6.45) is 1.66. The molecule has 0 saturated heterocycles. The van der Waals surface area contributed by atoms with Gasteiger partial charge in [-0.25, -0.2) is 13.2 Å². The minimum absolute atomic E-state index is 0.119. The molecule has 0 amide bonds. The van der Waals surface area contributed by atoms with Gasteiger partial charge >= 0.3 is 5.97 Å². The first-order valence-corrected chi connectivity index (χ1v) is 13.3. The Hall–Kier alpha value is -1.44. The molecule has 0 fully saturated rings. The van der Waals surface area contributed by atoms with Crippen molar-refractivity contribution in [3.05, 3.63) is 47.5 Å². The predicted octanol–water partition coefficient (Wildman–Crippen LogP) is 2.81. The van der Waals surface area contributed by atoms with E-state index in [2.05, 4.69) is 19.6 Å². The lowest BCUT2D eigenvalue weighted by Gasteiger charge is -2.27. The summed E-state index contributed by atoms with van der Waals surface area (Å²) < 4.78 is 32.0. The summed E-state index contributed by atoms with van der Waals surface area (Å²) >= 11 is 0. The SMILES string of the molecule is COC(=O)C1=CCN(S(=O)(=O)CC[Si](C)(C)C)C1c1ccccc1. The topological polar surface area (TPSA) is 63.7 Å². The van der Waals surface area contributed by atoms with Gasteiger partial charge in [0.1, 0.15) is 0 Å². The summed E-state index contributed by atoms with van der Waals surface area (Å²) in [7, 11) is -3.62. The summed E-state index contributed by atoms with van der Waals surface area (Å²) in [6, 6.07) is 9.32. The number of methoxy groups -OCH3 is 1. The first-order chi connectivity index (χ1) is 11.2. The van der Waals surface area contributed by atoms with Gasteiger partial charge < -0.3 is 4.74 Å². The van der Waals surface area contributed by atoms with Crippen LogP contribution in [0.1, 0.15) is 11.6 Å². The number of nitrogens with zero attached hydrogens (tertiary/aromatic N) is 1. The van der Waals surface area contributed by atoms with Gasteiger partial charge in [0.25, 0.3) is 0 Å². The molecule has 24 heavy (non-hydrogen) atoms. The number of hydrogen-bond donors (Lipinski definition) is 0. The van der Waals surface area contributed by atoms with E-state index in [0.717, 1.165) is 5.56 Å². The Morgan fingerprint density at radius 3 is 2.42 bits per heavy atom. The Kier molecular flexibility index (Phi) is 5.67. The molecular weight excluding hydrogens is 342 g/mol. The average molecular weight is 368 g/mol. The number of rotatable bonds is 6. The van der Waals surface area contributed by atoms with Crippen molar-refractivity contribution in [3.8, 4) is 0 Å². The van der Waals surface area contributed by atoms with Gasteiger partial charge in [-0.05, 0) is 11.6 Å². The van der Waals surface area contributed by atoms with Crippen LogP contribution in [0.2, 0.25) is 25.7 Å². The Morgan fingerprint density at radius 1 is 1.25 bits per heavy atom. The summed E-state index contributed by atoms with van der Waals surface area (Å²) in [6.45, 7) is 6.66. The molecule has 2 rings (SSSR count). The number of hydrogen-bond acceptors (Lipinski definition) is 4. The van der Waals surface area contributed by atoms with Crippen LogP contribution >= 0.6 is 0 Å². The highest BCUT2D eigenvalue weighted by molar-refractivity contribution is 7.89. The lowest BCUT2D eigenvalue weighted by Crippen LogP contribution is -2.37. The maximum atomic E-state index is 12.9. The number of esters is 1. The summed E-state index contributed by atoms with van der Waals surface area (Å²) in [5, 5.41) is 0. The van der Waals surface area contributed by atoms with Crippen LogP contribution in [0, 0.1) is 0 Å². The van der Waals surface area contributed by atoms with Gasteiger partial charge in [0.15, 0.2) is 0 Å². The smallest absolute Gasteiger partial charge is 0.335 e. The zero-order valence-corrected chi connectivity index (χ0v) is 16.5. The molecule has 0 bridgehead atoms. The van der Waals surface area contributed by atoms with Crippen LogP contribution in [0.5, 0.6) is 0 Å². The van der Waals surface area contributed by atoms with E-state index in [1.54, 1.807) is 6.08 Å². The maximum absolute atomic E-state index is 12.9. The molecule has 1 unspecified atom stereocenters. The van der Waals surface area contributed by atoms with E-state index in [9.17, 15) is 13.2 Å². The molecule has 1 aromatic rings. The van der Waals surface area contributed by atoms with Crippen LogP contribution in [0.3, 0.4) is 0 Å². The van der Waals surface area contributed by atoms with Crippen molar-refractivity contribution in [3.63, 3.8) is 0 Å². The molecule has 1 aromatic carbocycles. The third-order valence-electron chi connectivity index (χ3n) is 4.08. The molecule has 0 N–H and O–H groups in total. The first-order valence-electron chi connectivity index (χ1n) is 7.98. The number of ether oxygens (including phenoxy) is 1. The van der Waals surface area contributed by atoms with E-state index in [1.165, 1.54) is 11.4 Å². The quantitative estimate of drug-likeness (QED) is 0.573. The van der Waals surface area contributed by atoms with Gasteiger partial charge in [0.05, 0.1) is 24.5 Å². The molecular formula is C17H25NO4SSi. The van der Waals surface area contributed by atoms with Gasteiger partial charge in [-0.15, -0.1) is 0 Å². The average Bonchev–Trinajstić information content (AvgIpc) is 2.98. The highest BCUT2D eigenvalue weighted by Crippen LogP contribution is 2.36. The van der Waals surface area contributed by atoms with E-state index in [0.29, 0.717) is 11.6 Å². The van der Waals surface area contributed by atoms with Crippen molar-refractivity contribution in [1.29, 1.82) is 0 Å². The van der Waals surface area contributed by atoms with Gasteiger partial charge in [-0.2, -0.15) is 4.31 Å². The summed E-state index contributed by atoms with van der Waals surface area (Å²) in [5.41, 5.74) is 1.17. The summed E-state index contributed by atoms with van der Waals surface area (Å²) in [4.78, 5) is 12.1. The first kappa shape index (κ1) is 18.9. The number of benzene rings is 1. The van der Waals surface area contributed by atoms with E-state index in [-0.39, 0.29) is 12.3 Å². The zero-order chi connectivity index (χ0) is 18.0. The second-order valence-corrected chi connectivity index (χ2v) is 14.8. The molecule has 7 heteroatoms. The molecule has 132 valence electrons. The Morgan fingerprint density at radius 2 is 1.88 bits per heavy atom. The lowest BCUT2D eigenvalue weighted by atomic mass is 10.0. The van der Waals surface area contributed by atoms with Crippen LogP contribution in [-0.4, -0.2) is 46.2 Å². The monoisotopic (exact) mass is 367 g/mol. The molecule has 0 aromatic heterocycles. The molecule has 1 aliphatic heterocycles. The van der Waals surface area contributed by atoms with E-state index in [4.69, 9.17) is 4.74 Å². The largest absolute Gasteiger partial charge is 0.466 e. The second-order valence-electron chi connectivity index (χ2n) is 7.16. The fraction of sp³-hybridized carbons (Fsp3) is 0.471. The third kappa shape index (κ3) is 4.34. The van der Waals surface area contributed by atoms with Crippen molar-refractivity contribution in [2.75, 3.05) is 19.4 Å². The standard InChI is InChI=1S/C17H25NO4SSi/c1-22-17(19)15-10-11-18(16(15)14-8-6-5-7-9-14)23(20,21)12-13-24(2,3)4/h5-10,16H,11-13H2,1-4H3. The Bertz CT molecular complexity index is 723. The number of carbonyl (C=O) groups is 1. The molecule has 0 spiro atoms. The van der Waals surface area contributed by atoms with Crippen LogP contribution in [0.4, 0.5) is 0 Å².